The number of allylic oxidation sites excluding steroid dienone is 1. The molecule has 0 aromatic rings. The van der Waals surface area contributed by atoms with Gasteiger partial charge < -0.3 is 9.64 Å². The van der Waals surface area contributed by atoms with Crippen LogP contribution in [0.2, 0.25) is 0 Å². The van der Waals surface area contributed by atoms with Crippen molar-refractivity contribution >= 4 is 11.9 Å². The Bertz CT molecular complexity index is 271. The third-order valence-electron chi connectivity index (χ3n) is 2.12. The summed E-state index contributed by atoms with van der Waals surface area (Å²) < 4.78 is 4.85. The molecular weight excluding hydrogens is 182 g/mol. The lowest BCUT2D eigenvalue weighted by atomic mass is 10.3. The Morgan fingerprint density at radius 1 is 1.64 bits per heavy atom. The van der Waals surface area contributed by atoms with Gasteiger partial charge in [-0.2, -0.15) is 0 Å². The summed E-state index contributed by atoms with van der Waals surface area (Å²) in [5.41, 5.74) is 0.370. The number of likely N-dealkylation sites (tertiary alicyclic amines) is 1. The first-order valence-electron chi connectivity index (χ1n) is 4.84. The van der Waals surface area contributed by atoms with Crippen molar-refractivity contribution in [2.45, 2.75) is 26.7 Å². The average Bonchev–Trinajstić information content (AvgIpc) is 2.54. The predicted molar refractivity (Wildman–Crippen MR) is 51.3 cm³/mol. The molecule has 78 valence electrons. The summed E-state index contributed by atoms with van der Waals surface area (Å²) in [5, 5.41) is 0. The zero-order valence-electron chi connectivity index (χ0n) is 8.58. The number of carbonyl (C=O) groups is 2. The first-order valence-corrected chi connectivity index (χ1v) is 4.84. The average molecular weight is 197 g/mol. The number of ether oxygens (including phenoxy) is 1. The minimum Gasteiger partial charge on any atom is -0.461 e. The highest BCUT2D eigenvalue weighted by Gasteiger charge is 2.27. The molecule has 0 radical (unpaired) electrons. The molecule has 0 aromatic heterocycles. The minimum absolute atomic E-state index is 0.00570. The number of hydrogen-bond donors (Lipinski definition) is 0. The highest BCUT2D eigenvalue weighted by atomic mass is 16.5. The van der Waals surface area contributed by atoms with Gasteiger partial charge >= 0.3 is 5.97 Å². The second kappa shape index (κ2) is 4.79. The number of esters is 1. The van der Waals surface area contributed by atoms with Crippen LogP contribution < -0.4 is 0 Å². The summed E-state index contributed by atoms with van der Waals surface area (Å²) >= 11 is 0. The van der Waals surface area contributed by atoms with Crippen molar-refractivity contribution in [2.24, 2.45) is 0 Å². The van der Waals surface area contributed by atoms with Gasteiger partial charge in [-0.1, -0.05) is 6.08 Å². The first-order chi connectivity index (χ1) is 6.70. The van der Waals surface area contributed by atoms with Gasteiger partial charge in [-0.3, -0.25) is 4.79 Å². The lowest BCUT2D eigenvalue weighted by Gasteiger charge is -2.17. The van der Waals surface area contributed by atoms with Crippen LogP contribution in [0.1, 0.15) is 26.7 Å². The van der Waals surface area contributed by atoms with Crippen LogP contribution in [-0.2, 0) is 14.3 Å². The topological polar surface area (TPSA) is 46.6 Å². The lowest BCUT2D eigenvalue weighted by Crippen LogP contribution is -2.29. The molecule has 1 fully saturated rings. The van der Waals surface area contributed by atoms with Gasteiger partial charge in [-0.25, -0.2) is 4.79 Å². The summed E-state index contributed by atoms with van der Waals surface area (Å²) in [4.78, 5) is 24.3. The molecule has 4 nitrogen and oxygen atoms in total. The fourth-order valence-electron chi connectivity index (χ4n) is 1.49. The molecule has 14 heavy (non-hydrogen) atoms. The molecule has 0 unspecified atom stereocenters. The zero-order valence-corrected chi connectivity index (χ0v) is 8.58. The van der Waals surface area contributed by atoms with Gasteiger partial charge in [0.1, 0.15) is 5.70 Å². The Balaban J connectivity index is 2.72. The fraction of sp³-hybridized carbons (Fsp3) is 0.600. The van der Waals surface area contributed by atoms with Gasteiger partial charge in [0.25, 0.3) is 0 Å². The normalized spacial score (nSPS) is 17.4. The maximum atomic E-state index is 11.4. The molecule has 1 rings (SSSR count). The molecule has 1 amide bonds. The molecule has 0 spiro atoms. The number of amides is 1. The Labute approximate surface area is 83.5 Å². The van der Waals surface area contributed by atoms with Crippen molar-refractivity contribution in [1.29, 1.82) is 0 Å². The van der Waals surface area contributed by atoms with Crippen molar-refractivity contribution in [2.75, 3.05) is 13.2 Å². The van der Waals surface area contributed by atoms with Crippen LogP contribution in [0.25, 0.3) is 0 Å². The summed E-state index contributed by atoms with van der Waals surface area (Å²) in [5.74, 6) is -0.406. The summed E-state index contributed by atoms with van der Waals surface area (Å²) in [6, 6.07) is 0. The van der Waals surface area contributed by atoms with Gasteiger partial charge in [-0.15, -0.1) is 0 Å². The number of rotatable bonds is 3. The van der Waals surface area contributed by atoms with Gasteiger partial charge in [0.05, 0.1) is 6.61 Å². The molecule has 0 aliphatic carbocycles. The van der Waals surface area contributed by atoms with Crippen LogP contribution in [0.3, 0.4) is 0 Å². The molecule has 0 atom stereocenters. The first kappa shape index (κ1) is 10.8. The van der Waals surface area contributed by atoms with Crippen LogP contribution in [0.4, 0.5) is 0 Å². The van der Waals surface area contributed by atoms with E-state index in [1.807, 2.05) is 0 Å². The van der Waals surface area contributed by atoms with E-state index in [2.05, 4.69) is 0 Å². The monoisotopic (exact) mass is 197 g/mol. The highest BCUT2D eigenvalue weighted by molar-refractivity contribution is 5.94. The second-order valence-electron chi connectivity index (χ2n) is 3.04. The van der Waals surface area contributed by atoms with E-state index in [9.17, 15) is 9.59 Å². The Morgan fingerprint density at radius 2 is 2.36 bits per heavy atom. The number of nitrogens with zero attached hydrogens (tertiary/aromatic N) is 1. The van der Waals surface area contributed by atoms with Crippen molar-refractivity contribution in [3.63, 3.8) is 0 Å². The van der Waals surface area contributed by atoms with E-state index in [4.69, 9.17) is 4.74 Å². The maximum Gasteiger partial charge on any atom is 0.354 e. The largest absolute Gasteiger partial charge is 0.461 e. The molecule has 1 saturated heterocycles. The van der Waals surface area contributed by atoms with E-state index >= 15 is 0 Å². The Hall–Kier alpha value is -1.32. The molecular formula is C10H15NO3. The van der Waals surface area contributed by atoms with Gasteiger partial charge in [0, 0.05) is 13.0 Å². The summed E-state index contributed by atoms with van der Waals surface area (Å²) in [6.45, 7) is 4.43. The quantitative estimate of drug-likeness (QED) is 0.502. The smallest absolute Gasteiger partial charge is 0.354 e. The van der Waals surface area contributed by atoms with Crippen LogP contribution in [0, 0.1) is 0 Å². The SMILES string of the molecule is C/C=C(/C(=O)OCC)N1CCCC1=O. The van der Waals surface area contributed by atoms with E-state index in [1.165, 1.54) is 4.90 Å². The molecule has 1 aliphatic rings. The highest BCUT2D eigenvalue weighted by Crippen LogP contribution is 2.17. The Morgan fingerprint density at radius 3 is 2.79 bits per heavy atom. The molecule has 0 bridgehead atoms. The van der Waals surface area contributed by atoms with E-state index < -0.39 is 5.97 Å². The third-order valence-corrected chi connectivity index (χ3v) is 2.12. The van der Waals surface area contributed by atoms with E-state index in [0.717, 1.165) is 6.42 Å². The van der Waals surface area contributed by atoms with Crippen LogP contribution in [0.5, 0.6) is 0 Å². The third kappa shape index (κ3) is 2.13. The zero-order chi connectivity index (χ0) is 10.6. The molecule has 0 aromatic carbocycles. The maximum absolute atomic E-state index is 11.4. The van der Waals surface area contributed by atoms with Gasteiger partial charge in [0.2, 0.25) is 5.91 Å². The van der Waals surface area contributed by atoms with Crippen LogP contribution >= 0.6 is 0 Å². The van der Waals surface area contributed by atoms with Crippen molar-refractivity contribution in [3.05, 3.63) is 11.8 Å². The predicted octanol–water partition coefficient (Wildman–Crippen LogP) is 1.08. The molecule has 4 heteroatoms. The number of hydrogen-bond acceptors (Lipinski definition) is 3. The van der Waals surface area contributed by atoms with E-state index in [1.54, 1.807) is 19.9 Å². The summed E-state index contributed by atoms with van der Waals surface area (Å²) in [7, 11) is 0. The number of carbonyl (C=O) groups excluding carboxylic acids is 2. The van der Waals surface area contributed by atoms with Gasteiger partial charge in [0.15, 0.2) is 0 Å². The van der Waals surface area contributed by atoms with Crippen LogP contribution in [-0.4, -0.2) is 29.9 Å². The standard InChI is InChI=1S/C10H15NO3/c1-3-8(10(13)14-4-2)11-7-5-6-9(11)12/h3H,4-7H2,1-2H3/b8-3-. The molecule has 0 saturated carbocycles. The second-order valence-corrected chi connectivity index (χ2v) is 3.04. The van der Waals surface area contributed by atoms with E-state index in [-0.39, 0.29) is 5.91 Å². The molecule has 0 N–H and O–H groups in total. The van der Waals surface area contributed by atoms with Crippen molar-refractivity contribution in [3.8, 4) is 0 Å². The van der Waals surface area contributed by atoms with Gasteiger partial charge in [-0.05, 0) is 20.3 Å². The van der Waals surface area contributed by atoms with E-state index in [0.29, 0.717) is 25.3 Å². The lowest BCUT2D eigenvalue weighted by molar-refractivity contribution is -0.143. The Kier molecular flexibility index (Phi) is 3.68. The minimum atomic E-state index is -0.412. The molecule has 1 aliphatic heterocycles. The summed E-state index contributed by atoms with van der Waals surface area (Å²) in [6.07, 6.45) is 2.97. The van der Waals surface area contributed by atoms with Crippen LogP contribution in [0.15, 0.2) is 11.8 Å². The van der Waals surface area contributed by atoms with Crippen molar-refractivity contribution in [1.82, 2.24) is 4.90 Å². The fourth-order valence-corrected chi connectivity index (χ4v) is 1.49. The van der Waals surface area contributed by atoms with Crippen molar-refractivity contribution < 1.29 is 14.3 Å². The molecule has 1 heterocycles.